The molecule has 1 aliphatic heterocycles. The Hall–Kier alpha value is -0.610. The lowest BCUT2D eigenvalue weighted by molar-refractivity contribution is -0.144. The van der Waals surface area contributed by atoms with Crippen molar-refractivity contribution in [3.63, 3.8) is 0 Å². The molecule has 0 atom stereocenters. The van der Waals surface area contributed by atoms with Crippen LogP contribution in [0.15, 0.2) is 0 Å². The number of amides is 1. The molecule has 0 aromatic rings. The highest BCUT2D eigenvalue weighted by Crippen LogP contribution is 2.30. The Labute approximate surface area is 104 Å². The van der Waals surface area contributed by atoms with Gasteiger partial charge in [-0.3, -0.25) is 4.79 Å². The van der Waals surface area contributed by atoms with E-state index in [1.165, 1.54) is 19.3 Å². The van der Waals surface area contributed by atoms with Crippen LogP contribution in [0, 0.1) is 0 Å². The molecule has 0 aromatic heterocycles. The summed E-state index contributed by atoms with van der Waals surface area (Å²) in [6.45, 7) is 5.85. The Kier molecular flexibility index (Phi) is 4.40. The molecule has 2 fully saturated rings. The second kappa shape index (κ2) is 5.83. The van der Waals surface area contributed by atoms with Crippen LogP contribution in [0.1, 0.15) is 39.0 Å². The molecule has 0 bridgehead atoms. The molecule has 1 aliphatic carbocycles. The lowest BCUT2D eigenvalue weighted by atomic mass is 9.80. The lowest BCUT2D eigenvalue weighted by Gasteiger charge is -2.41. The maximum Gasteiger partial charge on any atom is 0.243 e. The van der Waals surface area contributed by atoms with Gasteiger partial charge in [-0.2, -0.15) is 0 Å². The molecule has 0 aromatic carbocycles. The highest BCUT2D eigenvalue weighted by molar-refractivity contribution is 5.86. The molecule has 1 saturated heterocycles. The summed E-state index contributed by atoms with van der Waals surface area (Å²) in [5, 5.41) is 3.46. The molecule has 0 spiro atoms. The van der Waals surface area contributed by atoms with Crippen molar-refractivity contribution in [3.05, 3.63) is 0 Å². The van der Waals surface area contributed by atoms with Gasteiger partial charge in [0.15, 0.2) is 0 Å². The summed E-state index contributed by atoms with van der Waals surface area (Å²) in [5.74, 6) is 0.308. The summed E-state index contributed by atoms with van der Waals surface area (Å²) < 4.78 is 5.32. The van der Waals surface area contributed by atoms with E-state index in [2.05, 4.69) is 12.2 Å². The smallest absolute Gasteiger partial charge is 0.243 e. The highest BCUT2D eigenvalue weighted by Gasteiger charge is 2.41. The van der Waals surface area contributed by atoms with Gasteiger partial charge in [-0.25, -0.2) is 0 Å². The van der Waals surface area contributed by atoms with Crippen LogP contribution in [0.5, 0.6) is 0 Å². The SMILES string of the molecule is CCNC1(C(=O)N2CCOCC2)CCCCC1. The van der Waals surface area contributed by atoms with Gasteiger partial charge in [-0.05, 0) is 19.4 Å². The maximum atomic E-state index is 12.7. The van der Waals surface area contributed by atoms with Crippen molar-refractivity contribution < 1.29 is 9.53 Å². The molecule has 1 amide bonds. The summed E-state index contributed by atoms with van der Waals surface area (Å²) in [4.78, 5) is 14.7. The number of carbonyl (C=O) groups excluding carboxylic acids is 1. The third-order valence-electron chi connectivity index (χ3n) is 3.93. The molecule has 1 saturated carbocycles. The van der Waals surface area contributed by atoms with Crippen molar-refractivity contribution in [2.45, 2.75) is 44.6 Å². The van der Waals surface area contributed by atoms with Crippen molar-refractivity contribution in [1.82, 2.24) is 10.2 Å². The van der Waals surface area contributed by atoms with Crippen LogP contribution in [-0.2, 0) is 9.53 Å². The molecule has 2 aliphatic rings. The second-order valence-corrected chi connectivity index (χ2v) is 5.08. The summed E-state index contributed by atoms with van der Waals surface area (Å²) in [7, 11) is 0. The normalized spacial score (nSPS) is 24.6. The van der Waals surface area contributed by atoms with Gasteiger partial charge in [0.1, 0.15) is 0 Å². The molecule has 1 N–H and O–H groups in total. The number of rotatable bonds is 3. The van der Waals surface area contributed by atoms with E-state index in [-0.39, 0.29) is 5.54 Å². The standard InChI is InChI=1S/C13H24N2O2/c1-2-14-13(6-4-3-5-7-13)12(16)15-8-10-17-11-9-15/h14H,2-11H2,1H3. The minimum Gasteiger partial charge on any atom is -0.378 e. The van der Waals surface area contributed by atoms with Gasteiger partial charge in [0, 0.05) is 13.1 Å². The second-order valence-electron chi connectivity index (χ2n) is 5.08. The molecule has 0 unspecified atom stereocenters. The third kappa shape index (κ3) is 2.80. The zero-order valence-electron chi connectivity index (χ0n) is 10.8. The van der Waals surface area contributed by atoms with Gasteiger partial charge in [0.25, 0.3) is 0 Å². The number of ether oxygens (including phenoxy) is 1. The topological polar surface area (TPSA) is 41.6 Å². The quantitative estimate of drug-likeness (QED) is 0.805. The summed E-state index contributed by atoms with van der Waals surface area (Å²) >= 11 is 0. The van der Waals surface area contributed by atoms with Crippen LogP contribution in [0.3, 0.4) is 0 Å². The molecule has 2 rings (SSSR count). The van der Waals surface area contributed by atoms with E-state index in [1.807, 2.05) is 4.90 Å². The molecule has 98 valence electrons. The van der Waals surface area contributed by atoms with Gasteiger partial charge in [0.2, 0.25) is 5.91 Å². The first-order valence-corrected chi connectivity index (χ1v) is 6.91. The first-order valence-electron chi connectivity index (χ1n) is 6.91. The van der Waals surface area contributed by atoms with E-state index in [1.54, 1.807) is 0 Å². The number of hydrogen-bond donors (Lipinski definition) is 1. The summed E-state index contributed by atoms with van der Waals surface area (Å²) in [6.07, 6.45) is 5.60. The zero-order valence-corrected chi connectivity index (χ0v) is 10.8. The number of morpholine rings is 1. The Bertz CT molecular complexity index is 251. The molecular weight excluding hydrogens is 216 g/mol. The van der Waals surface area contributed by atoms with Crippen molar-refractivity contribution >= 4 is 5.91 Å². The van der Waals surface area contributed by atoms with Gasteiger partial charge in [-0.15, -0.1) is 0 Å². The van der Waals surface area contributed by atoms with Crippen LogP contribution in [-0.4, -0.2) is 49.2 Å². The van der Waals surface area contributed by atoms with E-state index >= 15 is 0 Å². The van der Waals surface area contributed by atoms with Gasteiger partial charge < -0.3 is 15.0 Å². The van der Waals surface area contributed by atoms with E-state index in [0.29, 0.717) is 19.1 Å². The van der Waals surface area contributed by atoms with E-state index in [0.717, 1.165) is 32.5 Å². The number of carbonyl (C=O) groups is 1. The van der Waals surface area contributed by atoms with Crippen molar-refractivity contribution in [2.24, 2.45) is 0 Å². The first-order chi connectivity index (χ1) is 8.28. The fourth-order valence-corrected chi connectivity index (χ4v) is 3.03. The third-order valence-corrected chi connectivity index (χ3v) is 3.93. The van der Waals surface area contributed by atoms with Crippen LogP contribution in [0.4, 0.5) is 0 Å². The van der Waals surface area contributed by atoms with Crippen molar-refractivity contribution in [2.75, 3.05) is 32.8 Å². The molecular formula is C13H24N2O2. The number of likely N-dealkylation sites (N-methyl/N-ethyl adjacent to an activating group) is 1. The Morgan fingerprint density at radius 2 is 1.88 bits per heavy atom. The monoisotopic (exact) mass is 240 g/mol. The molecule has 4 nitrogen and oxygen atoms in total. The number of nitrogens with one attached hydrogen (secondary N) is 1. The predicted octanol–water partition coefficient (Wildman–Crippen LogP) is 1.16. The van der Waals surface area contributed by atoms with Crippen LogP contribution >= 0.6 is 0 Å². The summed E-state index contributed by atoms with van der Waals surface area (Å²) in [6, 6.07) is 0. The van der Waals surface area contributed by atoms with E-state index in [9.17, 15) is 4.79 Å². The lowest BCUT2D eigenvalue weighted by Crippen LogP contribution is -2.60. The largest absolute Gasteiger partial charge is 0.378 e. The molecule has 0 radical (unpaired) electrons. The first kappa shape index (κ1) is 12.8. The molecule has 1 heterocycles. The minimum absolute atomic E-state index is 0.273. The van der Waals surface area contributed by atoms with Crippen molar-refractivity contribution in [1.29, 1.82) is 0 Å². The van der Waals surface area contributed by atoms with Gasteiger partial charge in [-0.1, -0.05) is 26.2 Å². The fraction of sp³-hybridized carbons (Fsp3) is 0.923. The Balaban J connectivity index is 2.05. The molecule has 17 heavy (non-hydrogen) atoms. The van der Waals surface area contributed by atoms with Gasteiger partial charge in [0.05, 0.1) is 18.8 Å². The van der Waals surface area contributed by atoms with Crippen LogP contribution in [0.2, 0.25) is 0 Å². The minimum atomic E-state index is -0.273. The average Bonchev–Trinajstić information content (AvgIpc) is 2.40. The van der Waals surface area contributed by atoms with Crippen molar-refractivity contribution in [3.8, 4) is 0 Å². The number of hydrogen-bond acceptors (Lipinski definition) is 3. The Morgan fingerprint density at radius 3 is 2.47 bits per heavy atom. The molecule has 4 heteroatoms. The van der Waals surface area contributed by atoms with Crippen LogP contribution < -0.4 is 5.32 Å². The predicted molar refractivity (Wildman–Crippen MR) is 66.9 cm³/mol. The zero-order chi connectivity index (χ0) is 12.1. The van der Waals surface area contributed by atoms with E-state index in [4.69, 9.17) is 4.74 Å². The average molecular weight is 240 g/mol. The summed E-state index contributed by atoms with van der Waals surface area (Å²) in [5.41, 5.74) is -0.273. The van der Waals surface area contributed by atoms with Gasteiger partial charge >= 0.3 is 0 Å². The van der Waals surface area contributed by atoms with E-state index < -0.39 is 0 Å². The maximum absolute atomic E-state index is 12.7. The number of nitrogens with zero attached hydrogens (tertiary/aromatic N) is 1. The van der Waals surface area contributed by atoms with Crippen LogP contribution in [0.25, 0.3) is 0 Å². The fourth-order valence-electron chi connectivity index (χ4n) is 3.03. The Morgan fingerprint density at radius 1 is 1.24 bits per heavy atom. The highest BCUT2D eigenvalue weighted by atomic mass is 16.5.